The quantitative estimate of drug-likeness (QED) is 0.354. The minimum Gasteiger partial charge on any atom is -0.383 e. The molecule has 0 aliphatic carbocycles. The first kappa shape index (κ1) is 24.8. The van der Waals surface area contributed by atoms with Crippen molar-refractivity contribution in [1.82, 2.24) is 15.2 Å². The van der Waals surface area contributed by atoms with E-state index in [0.29, 0.717) is 24.4 Å². The second kappa shape index (κ2) is 11.0. The summed E-state index contributed by atoms with van der Waals surface area (Å²) in [5, 5.41) is 6.79. The Bertz CT molecular complexity index is 1400. The molecule has 2 atom stereocenters. The first-order chi connectivity index (χ1) is 18.0. The zero-order valence-electron chi connectivity index (χ0n) is 20.5. The second-order valence-electron chi connectivity index (χ2n) is 9.18. The molecular formula is C29H28F2N4O2. The molecule has 5 rings (SSSR count). The number of carbonyl (C=O) groups excluding carboxylic acids is 1. The summed E-state index contributed by atoms with van der Waals surface area (Å²) in [5.74, 6) is -1.33. The minimum atomic E-state index is -0.750. The normalized spacial score (nSPS) is 17.7. The van der Waals surface area contributed by atoms with Gasteiger partial charge in [0.1, 0.15) is 11.6 Å². The zero-order chi connectivity index (χ0) is 25.8. The number of fused-ring (bicyclic) bond motifs is 1. The standard InChI is InChI=1S/C29H28F2N4O2/c1-37-14-13-35-17-23(19-7-3-2-4-8-19)27(18-35)34-29(36)33-26-15-20-9-5-6-10-25(20)32-28(26)22-12-11-21(30)16-24(22)31/h2-12,15-16,23,27H,13-14,17-18H2,1H3,(H2,33,34,36)/t23-,27+/m0/s1. The summed E-state index contributed by atoms with van der Waals surface area (Å²) in [6, 6.07) is 22.0. The molecule has 0 bridgehead atoms. The molecule has 2 heterocycles. The van der Waals surface area contributed by atoms with Crippen molar-refractivity contribution in [1.29, 1.82) is 0 Å². The number of benzene rings is 3. The van der Waals surface area contributed by atoms with Gasteiger partial charge in [-0.2, -0.15) is 0 Å². The largest absolute Gasteiger partial charge is 0.383 e. The number of nitrogens with one attached hydrogen (secondary N) is 2. The predicted octanol–water partition coefficient (Wildman–Crippen LogP) is 5.42. The third-order valence-corrected chi connectivity index (χ3v) is 6.71. The lowest BCUT2D eigenvalue weighted by atomic mass is 9.94. The van der Waals surface area contributed by atoms with Crippen LogP contribution in [0.2, 0.25) is 0 Å². The molecule has 1 aromatic heterocycles. The summed E-state index contributed by atoms with van der Waals surface area (Å²) >= 11 is 0. The number of amides is 2. The van der Waals surface area contributed by atoms with Crippen molar-refractivity contribution >= 4 is 22.6 Å². The molecule has 4 aromatic rings. The Hall–Kier alpha value is -3.88. The predicted molar refractivity (Wildman–Crippen MR) is 141 cm³/mol. The molecule has 1 aliphatic heterocycles. The molecule has 37 heavy (non-hydrogen) atoms. The average Bonchev–Trinajstić information content (AvgIpc) is 3.30. The highest BCUT2D eigenvalue weighted by Crippen LogP contribution is 2.32. The van der Waals surface area contributed by atoms with Gasteiger partial charge in [0.25, 0.3) is 0 Å². The average molecular weight is 503 g/mol. The number of urea groups is 1. The fourth-order valence-electron chi connectivity index (χ4n) is 4.90. The summed E-state index contributed by atoms with van der Waals surface area (Å²) in [7, 11) is 1.67. The topological polar surface area (TPSA) is 66.5 Å². The molecule has 0 radical (unpaired) electrons. The molecule has 1 aliphatic rings. The maximum atomic E-state index is 14.7. The lowest BCUT2D eigenvalue weighted by Gasteiger charge is -2.21. The first-order valence-corrected chi connectivity index (χ1v) is 12.2. The third kappa shape index (κ3) is 5.60. The van der Waals surface area contributed by atoms with Gasteiger partial charge in [-0.15, -0.1) is 0 Å². The molecule has 6 nitrogen and oxygen atoms in total. The molecule has 0 saturated carbocycles. The SMILES string of the molecule is COCCN1C[C@@H](NC(=O)Nc2cc3ccccc3nc2-c2ccc(F)cc2F)[C@H](c2ccccc2)C1. The van der Waals surface area contributed by atoms with E-state index in [0.717, 1.165) is 30.1 Å². The summed E-state index contributed by atoms with van der Waals surface area (Å²) in [5.41, 5.74) is 2.47. The maximum absolute atomic E-state index is 14.7. The van der Waals surface area contributed by atoms with E-state index in [2.05, 4.69) is 32.7 Å². The van der Waals surface area contributed by atoms with Gasteiger partial charge < -0.3 is 15.4 Å². The molecule has 1 fully saturated rings. The number of halogens is 2. The lowest BCUT2D eigenvalue weighted by Crippen LogP contribution is -2.42. The number of ether oxygens (including phenoxy) is 1. The molecule has 8 heteroatoms. The van der Waals surface area contributed by atoms with E-state index in [1.54, 1.807) is 13.2 Å². The third-order valence-electron chi connectivity index (χ3n) is 6.71. The van der Waals surface area contributed by atoms with Gasteiger partial charge in [-0.1, -0.05) is 48.5 Å². The number of rotatable bonds is 7. The van der Waals surface area contributed by atoms with Crippen molar-refractivity contribution in [2.45, 2.75) is 12.0 Å². The zero-order valence-corrected chi connectivity index (χ0v) is 20.5. The molecule has 2 amide bonds. The van der Waals surface area contributed by atoms with Gasteiger partial charge in [0, 0.05) is 49.7 Å². The van der Waals surface area contributed by atoms with Crippen molar-refractivity contribution in [3.63, 3.8) is 0 Å². The number of carbonyl (C=O) groups is 1. The molecule has 1 saturated heterocycles. The number of hydrogen-bond donors (Lipinski definition) is 2. The molecule has 0 unspecified atom stereocenters. The summed E-state index contributed by atoms with van der Waals surface area (Å²) in [6.45, 7) is 2.84. The van der Waals surface area contributed by atoms with E-state index in [1.807, 2.05) is 42.5 Å². The molecule has 190 valence electrons. The van der Waals surface area contributed by atoms with Gasteiger partial charge in [-0.25, -0.2) is 18.6 Å². The van der Waals surface area contributed by atoms with Crippen molar-refractivity contribution in [2.24, 2.45) is 0 Å². The fourth-order valence-corrected chi connectivity index (χ4v) is 4.90. The monoisotopic (exact) mass is 502 g/mol. The van der Waals surface area contributed by atoms with Gasteiger partial charge in [0.05, 0.1) is 29.5 Å². The number of methoxy groups -OCH3 is 1. The van der Waals surface area contributed by atoms with Gasteiger partial charge in [-0.3, -0.25) is 4.90 Å². The first-order valence-electron chi connectivity index (χ1n) is 12.2. The highest BCUT2D eigenvalue weighted by Gasteiger charge is 2.34. The number of pyridine rings is 1. The van der Waals surface area contributed by atoms with Crippen LogP contribution in [0.1, 0.15) is 11.5 Å². The fraction of sp³-hybridized carbons (Fsp3) is 0.241. The van der Waals surface area contributed by atoms with E-state index in [9.17, 15) is 13.6 Å². The van der Waals surface area contributed by atoms with Crippen LogP contribution in [0.5, 0.6) is 0 Å². The summed E-state index contributed by atoms with van der Waals surface area (Å²) in [6.07, 6.45) is 0. The van der Waals surface area contributed by atoms with Crippen molar-refractivity contribution in [2.75, 3.05) is 38.7 Å². The van der Waals surface area contributed by atoms with Gasteiger partial charge in [0.2, 0.25) is 0 Å². The maximum Gasteiger partial charge on any atom is 0.319 e. The molecule has 2 N–H and O–H groups in total. The Labute approximate surface area is 214 Å². The molecule has 3 aromatic carbocycles. The minimum absolute atomic E-state index is 0.104. The number of aromatic nitrogens is 1. The summed E-state index contributed by atoms with van der Waals surface area (Å²) < 4.78 is 33.6. The van der Waals surface area contributed by atoms with Gasteiger partial charge in [0.15, 0.2) is 0 Å². The van der Waals surface area contributed by atoms with Crippen LogP contribution in [0.15, 0.2) is 78.9 Å². The Balaban J connectivity index is 1.42. The number of likely N-dealkylation sites (tertiary alicyclic amines) is 1. The van der Waals surface area contributed by atoms with E-state index >= 15 is 0 Å². The van der Waals surface area contributed by atoms with E-state index in [-0.39, 0.29) is 23.2 Å². The van der Waals surface area contributed by atoms with Crippen LogP contribution in [0.4, 0.5) is 19.3 Å². The van der Waals surface area contributed by atoms with Crippen molar-refractivity contribution in [3.8, 4) is 11.3 Å². The van der Waals surface area contributed by atoms with Crippen LogP contribution in [0.25, 0.3) is 22.2 Å². The van der Waals surface area contributed by atoms with Gasteiger partial charge in [-0.05, 0) is 29.8 Å². The number of anilines is 1. The van der Waals surface area contributed by atoms with E-state index in [1.165, 1.54) is 12.1 Å². The lowest BCUT2D eigenvalue weighted by molar-refractivity contribution is 0.159. The van der Waals surface area contributed by atoms with Crippen LogP contribution in [-0.2, 0) is 4.74 Å². The van der Waals surface area contributed by atoms with Crippen molar-refractivity contribution in [3.05, 3.63) is 96.1 Å². The highest BCUT2D eigenvalue weighted by atomic mass is 19.1. The Morgan fingerprint density at radius 1 is 1.03 bits per heavy atom. The second-order valence-corrected chi connectivity index (χ2v) is 9.18. The van der Waals surface area contributed by atoms with Crippen LogP contribution in [0.3, 0.4) is 0 Å². The van der Waals surface area contributed by atoms with Crippen molar-refractivity contribution < 1.29 is 18.3 Å². The van der Waals surface area contributed by atoms with Crippen LogP contribution in [0, 0.1) is 11.6 Å². The van der Waals surface area contributed by atoms with E-state index in [4.69, 9.17) is 4.74 Å². The highest BCUT2D eigenvalue weighted by molar-refractivity contribution is 5.97. The van der Waals surface area contributed by atoms with E-state index < -0.39 is 17.7 Å². The van der Waals surface area contributed by atoms with Crippen LogP contribution in [-0.4, -0.2) is 55.3 Å². The molecular weight excluding hydrogens is 474 g/mol. The number of nitrogens with zero attached hydrogens (tertiary/aromatic N) is 2. The Kier molecular flexibility index (Phi) is 7.39. The number of para-hydroxylation sites is 1. The van der Waals surface area contributed by atoms with Crippen LogP contribution >= 0.6 is 0 Å². The molecule has 0 spiro atoms. The van der Waals surface area contributed by atoms with Gasteiger partial charge >= 0.3 is 6.03 Å². The Morgan fingerprint density at radius 2 is 1.81 bits per heavy atom. The number of hydrogen-bond acceptors (Lipinski definition) is 4. The summed E-state index contributed by atoms with van der Waals surface area (Å²) in [4.78, 5) is 20.1. The smallest absolute Gasteiger partial charge is 0.319 e. The van der Waals surface area contributed by atoms with Crippen LogP contribution < -0.4 is 10.6 Å². The Morgan fingerprint density at radius 3 is 2.59 bits per heavy atom.